The van der Waals surface area contributed by atoms with E-state index in [0.717, 1.165) is 4.90 Å². The standard InChI is InChI=1S/C8H9Cl2F2N3O/c9-5-3-13-8(10)14-7(5)15(1-2-16)4-6(11)12/h3,6,16H,1-2,4H2. The average molecular weight is 272 g/mol. The molecule has 1 aromatic rings. The van der Waals surface area contributed by atoms with Gasteiger partial charge in [0, 0.05) is 6.54 Å². The highest BCUT2D eigenvalue weighted by atomic mass is 35.5. The Morgan fingerprint density at radius 3 is 2.69 bits per heavy atom. The van der Waals surface area contributed by atoms with Crippen LogP contribution in [0.3, 0.4) is 0 Å². The van der Waals surface area contributed by atoms with Crippen molar-refractivity contribution in [2.75, 3.05) is 24.6 Å². The number of aromatic nitrogens is 2. The molecule has 1 rings (SSSR count). The van der Waals surface area contributed by atoms with Crippen molar-refractivity contribution < 1.29 is 13.9 Å². The Kier molecular flexibility index (Phi) is 5.11. The van der Waals surface area contributed by atoms with Crippen molar-refractivity contribution in [2.24, 2.45) is 0 Å². The molecule has 0 spiro atoms. The van der Waals surface area contributed by atoms with Crippen LogP contribution in [-0.4, -0.2) is 41.2 Å². The van der Waals surface area contributed by atoms with Gasteiger partial charge in [-0.1, -0.05) is 11.6 Å². The van der Waals surface area contributed by atoms with Crippen molar-refractivity contribution in [3.63, 3.8) is 0 Å². The summed E-state index contributed by atoms with van der Waals surface area (Å²) in [7, 11) is 0. The van der Waals surface area contributed by atoms with Gasteiger partial charge in [0.2, 0.25) is 5.28 Å². The summed E-state index contributed by atoms with van der Waals surface area (Å²) in [5, 5.41) is 8.79. The Morgan fingerprint density at radius 1 is 1.44 bits per heavy atom. The molecule has 0 aromatic carbocycles. The van der Waals surface area contributed by atoms with Crippen LogP contribution in [0.5, 0.6) is 0 Å². The average Bonchev–Trinajstić information content (AvgIpc) is 2.20. The zero-order valence-corrected chi connectivity index (χ0v) is 9.59. The maximum Gasteiger partial charge on any atom is 0.255 e. The smallest absolute Gasteiger partial charge is 0.255 e. The fourth-order valence-electron chi connectivity index (χ4n) is 1.13. The Bertz CT molecular complexity index is 354. The topological polar surface area (TPSA) is 49.2 Å². The van der Waals surface area contributed by atoms with Crippen molar-refractivity contribution in [3.8, 4) is 0 Å². The van der Waals surface area contributed by atoms with E-state index >= 15 is 0 Å². The van der Waals surface area contributed by atoms with E-state index in [1.165, 1.54) is 6.20 Å². The molecule has 4 nitrogen and oxygen atoms in total. The van der Waals surface area contributed by atoms with Gasteiger partial charge in [0.05, 0.1) is 19.3 Å². The Balaban J connectivity index is 2.94. The zero-order chi connectivity index (χ0) is 12.1. The fraction of sp³-hybridized carbons (Fsp3) is 0.500. The van der Waals surface area contributed by atoms with E-state index in [1.54, 1.807) is 0 Å². The van der Waals surface area contributed by atoms with Gasteiger partial charge in [-0.05, 0) is 11.6 Å². The highest BCUT2D eigenvalue weighted by Gasteiger charge is 2.17. The third kappa shape index (κ3) is 3.70. The number of rotatable bonds is 5. The lowest BCUT2D eigenvalue weighted by atomic mass is 10.4. The second-order valence-corrected chi connectivity index (χ2v) is 3.62. The summed E-state index contributed by atoms with van der Waals surface area (Å²) in [4.78, 5) is 8.51. The first kappa shape index (κ1) is 13.3. The minimum absolute atomic E-state index is 0.00258. The van der Waals surface area contributed by atoms with E-state index in [4.69, 9.17) is 28.3 Å². The molecule has 0 saturated carbocycles. The summed E-state index contributed by atoms with van der Waals surface area (Å²) in [5.41, 5.74) is 0. The van der Waals surface area contributed by atoms with E-state index in [0.29, 0.717) is 0 Å². The predicted octanol–water partition coefficient (Wildman–Crippen LogP) is 1.85. The van der Waals surface area contributed by atoms with Crippen LogP contribution in [0.4, 0.5) is 14.6 Å². The van der Waals surface area contributed by atoms with Crippen LogP contribution in [0.1, 0.15) is 0 Å². The molecule has 0 aliphatic rings. The quantitative estimate of drug-likeness (QED) is 0.831. The number of halogens is 4. The summed E-state index contributed by atoms with van der Waals surface area (Å²) in [6, 6.07) is 0. The highest BCUT2D eigenvalue weighted by molar-refractivity contribution is 6.33. The Morgan fingerprint density at radius 2 is 2.12 bits per heavy atom. The molecule has 1 aromatic heterocycles. The van der Waals surface area contributed by atoms with Gasteiger partial charge < -0.3 is 10.0 Å². The van der Waals surface area contributed by atoms with Gasteiger partial charge in [-0.15, -0.1) is 0 Å². The molecule has 0 radical (unpaired) electrons. The van der Waals surface area contributed by atoms with Crippen LogP contribution >= 0.6 is 23.2 Å². The lowest BCUT2D eigenvalue weighted by Gasteiger charge is -2.22. The lowest BCUT2D eigenvalue weighted by molar-refractivity contribution is 0.152. The minimum atomic E-state index is -2.56. The van der Waals surface area contributed by atoms with Crippen LogP contribution in [0, 0.1) is 0 Å². The molecule has 0 saturated heterocycles. The maximum absolute atomic E-state index is 12.3. The fourth-order valence-corrected chi connectivity index (χ4v) is 1.47. The molecule has 1 N–H and O–H groups in total. The minimum Gasteiger partial charge on any atom is -0.395 e. The van der Waals surface area contributed by atoms with E-state index in [2.05, 4.69) is 9.97 Å². The van der Waals surface area contributed by atoms with Crippen molar-refractivity contribution >= 4 is 29.0 Å². The summed E-state index contributed by atoms with van der Waals surface area (Å²) in [6.45, 7) is -0.865. The molecule has 0 aliphatic carbocycles. The predicted molar refractivity (Wildman–Crippen MR) is 57.4 cm³/mol. The van der Waals surface area contributed by atoms with Gasteiger partial charge in [-0.2, -0.15) is 4.98 Å². The summed E-state index contributed by atoms with van der Waals surface area (Å²) in [6.07, 6.45) is -1.33. The van der Waals surface area contributed by atoms with E-state index in [9.17, 15) is 8.78 Å². The van der Waals surface area contributed by atoms with Gasteiger partial charge in [-0.3, -0.25) is 0 Å². The number of nitrogens with zero attached hydrogens (tertiary/aromatic N) is 3. The van der Waals surface area contributed by atoms with Crippen LogP contribution < -0.4 is 4.90 Å². The largest absolute Gasteiger partial charge is 0.395 e. The highest BCUT2D eigenvalue weighted by Crippen LogP contribution is 2.24. The normalized spacial score (nSPS) is 10.9. The first-order chi connectivity index (χ1) is 7.54. The van der Waals surface area contributed by atoms with Crippen LogP contribution in [-0.2, 0) is 0 Å². The number of anilines is 1. The number of aliphatic hydroxyl groups excluding tert-OH is 1. The first-order valence-corrected chi connectivity index (χ1v) is 5.12. The van der Waals surface area contributed by atoms with E-state index in [-0.39, 0.29) is 29.3 Å². The van der Waals surface area contributed by atoms with Crippen molar-refractivity contribution in [1.82, 2.24) is 9.97 Å². The van der Waals surface area contributed by atoms with Crippen LogP contribution in [0.2, 0.25) is 10.3 Å². The third-order valence-corrected chi connectivity index (χ3v) is 2.17. The molecule has 0 unspecified atom stereocenters. The van der Waals surface area contributed by atoms with E-state index in [1.807, 2.05) is 0 Å². The SMILES string of the molecule is OCCN(CC(F)F)c1nc(Cl)ncc1Cl. The molecule has 8 heteroatoms. The molecule has 0 bridgehead atoms. The molecule has 0 atom stereocenters. The monoisotopic (exact) mass is 271 g/mol. The van der Waals surface area contributed by atoms with Gasteiger partial charge in [-0.25, -0.2) is 13.8 Å². The summed E-state index contributed by atoms with van der Waals surface area (Å²) in [5.74, 6) is 0.0935. The Hall–Kier alpha value is -0.720. The molecule has 1 heterocycles. The van der Waals surface area contributed by atoms with Crippen molar-refractivity contribution in [2.45, 2.75) is 6.43 Å². The van der Waals surface area contributed by atoms with Crippen LogP contribution in [0.25, 0.3) is 0 Å². The molecule has 0 aliphatic heterocycles. The van der Waals surface area contributed by atoms with Gasteiger partial charge in [0.15, 0.2) is 5.82 Å². The molecular formula is C8H9Cl2F2N3O. The second kappa shape index (κ2) is 6.12. The number of aliphatic hydroxyl groups is 1. The number of hydrogen-bond acceptors (Lipinski definition) is 4. The molecule has 0 fully saturated rings. The molecule has 0 amide bonds. The van der Waals surface area contributed by atoms with Crippen molar-refractivity contribution in [3.05, 3.63) is 16.5 Å². The second-order valence-electron chi connectivity index (χ2n) is 2.87. The number of hydrogen-bond donors (Lipinski definition) is 1. The zero-order valence-electron chi connectivity index (χ0n) is 8.08. The van der Waals surface area contributed by atoms with E-state index < -0.39 is 13.0 Å². The molecular weight excluding hydrogens is 263 g/mol. The van der Waals surface area contributed by atoms with Crippen molar-refractivity contribution in [1.29, 1.82) is 0 Å². The maximum atomic E-state index is 12.3. The molecule has 90 valence electrons. The Labute approximate surface area is 101 Å². The number of alkyl halides is 2. The van der Waals surface area contributed by atoms with Gasteiger partial charge in [0.25, 0.3) is 6.43 Å². The summed E-state index contributed by atoms with van der Waals surface area (Å²) < 4.78 is 24.6. The third-order valence-electron chi connectivity index (χ3n) is 1.72. The summed E-state index contributed by atoms with van der Waals surface area (Å²) >= 11 is 11.3. The first-order valence-electron chi connectivity index (χ1n) is 4.36. The van der Waals surface area contributed by atoms with Gasteiger partial charge in [0.1, 0.15) is 5.02 Å². The van der Waals surface area contributed by atoms with Gasteiger partial charge >= 0.3 is 0 Å². The van der Waals surface area contributed by atoms with Crippen LogP contribution in [0.15, 0.2) is 6.20 Å². The molecule has 16 heavy (non-hydrogen) atoms. The lowest BCUT2D eigenvalue weighted by Crippen LogP contribution is -2.32.